The van der Waals surface area contributed by atoms with Gasteiger partial charge in [-0.25, -0.2) is 15.3 Å². The van der Waals surface area contributed by atoms with Gasteiger partial charge in [-0.05, 0) is 16.5 Å². The van der Waals surface area contributed by atoms with Crippen molar-refractivity contribution in [3.63, 3.8) is 0 Å². The average molecular weight is 361 g/mol. The zero-order chi connectivity index (χ0) is 18.4. The molecule has 9 heteroatoms. The van der Waals surface area contributed by atoms with Crippen LogP contribution in [0.25, 0.3) is 0 Å². The molecule has 8 nitrogen and oxygen atoms in total. The van der Waals surface area contributed by atoms with E-state index in [1.165, 1.54) is 5.56 Å². The standard InChI is InChI=1S/C16H19N5O3S/c1-16(2,3)11-6-4-10(5-7-11)8-17-19-12(22)9-25-14-13(23)18-15(24)21-20-14/h4-8H,9H2,1-3H3,(H,19,22)(H2,18,21,23,24)/b17-8+. The molecule has 0 bridgehead atoms. The predicted molar refractivity (Wildman–Crippen MR) is 97.1 cm³/mol. The topological polar surface area (TPSA) is 120 Å². The van der Waals surface area contributed by atoms with Gasteiger partial charge in [0.2, 0.25) is 5.91 Å². The molecule has 0 saturated heterocycles. The van der Waals surface area contributed by atoms with Crippen LogP contribution in [0, 0.1) is 0 Å². The molecule has 1 amide bonds. The summed E-state index contributed by atoms with van der Waals surface area (Å²) in [4.78, 5) is 36.0. The number of carbonyl (C=O) groups excluding carboxylic acids is 1. The SMILES string of the molecule is CC(C)(C)c1ccc(/C=N/NC(=O)CSc2n[nH]c(=O)[nH]c2=O)cc1. The lowest BCUT2D eigenvalue weighted by molar-refractivity contribution is -0.118. The molecule has 0 aliphatic rings. The number of amides is 1. The smallest absolute Gasteiger partial charge is 0.272 e. The van der Waals surface area contributed by atoms with E-state index in [1.54, 1.807) is 6.21 Å². The van der Waals surface area contributed by atoms with E-state index in [1.807, 2.05) is 29.2 Å². The zero-order valence-corrected chi connectivity index (χ0v) is 14.9. The molecule has 0 fully saturated rings. The average Bonchev–Trinajstić information content (AvgIpc) is 2.53. The van der Waals surface area contributed by atoms with E-state index in [0.717, 1.165) is 17.3 Å². The highest BCUT2D eigenvalue weighted by Gasteiger charge is 2.12. The number of hydrazone groups is 1. The molecule has 2 aromatic rings. The van der Waals surface area contributed by atoms with Crippen molar-refractivity contribution in [2.75, 3.05) is 5.75 Å². The molecular formula is C16H19N5O3S. The Labute approximate surface area is 148 Å². The van der Waals surface area contributed by atoms with Gasteiger partial charge in [-0.3, -0.25) is 14.6 Å². The van der Waals surface area contributed by atoms with Crippen molar-refractivity contribution in [3.05, 3.63) is 56.2 Å². The number of carbonyl (C=O) groups is 1. The van der Waals surface area contributed by atoms with E-state index in [0.29, 0.717) is 0 Å². The molecule has 0 saturated carbocycles. The Morgan fingerprint density at radius 1 is 1.28 bits per heavy atom. The van der Waals surface area contributed by atoms with Crippen molar-refractivity contribution in [1.29, 1.82) is 0 Å². The van der Waals surface area contributed by atoms with Gasteiger partial charge in [0.1, 0.15) is 0 Å². The first kappa shape index (κ1) is 18.7. The van der Waals surface area contributed by atoms with Gasteiger partial charge in [0.15, 0.2) is 5.03 Å². The molecule has 132 valence electrons. The predicted octanol–water partition coefficient (Wildman–Crippen LogP) is 0.998. The lowest BCUT2D eigenvalue weighted by atomic mass is 9.87. The highest BCUT2D eigenvalue weighted by Crippen LogP contribution is 2.21. The zero-order valence-electron chi connectivity index (χ0n) is 14.1. The van der Waals surface area contributed by atoms with Crippen LogP contribution < -0.4 is 16.7 Å². The normalized spacial score (nSPS) is 11.6. The number of hydrogen-bond donors (Lipinski definition) is 3. The first-order valence-electron chi connectivity index (χ1n) is 7.50. The molecule has 0 aliphatic heterocycles. The van der Waals surface area contributed by atoms with E-state index < -0.39 is 11.2 Å². The lowest BCUT2D eigenvalue weighted by Gasteiger charge is -2.18. The van der Waals surface area contributed by atoms with E-state index in [9.17, 15) is 14.4 Å². The summed E-state index contributed by atoms with van der Waals surface area (Å²) in [6.45, 7) is 6.41. The number of benzene rings is 1. The van der Waals surface area contributed by atoms with Crippen LogP contribution in [0.3, 0.4) is 0 Å². The number of thioether (sulfide) groups is 1. The van der Waals surface area contributed by atoms with Crippen LogP contribution in [0.5, 0.6) is 0 Å². The molecule has 0 atom stereocenters. The third-order valence-corrected chi connectivity index (χ3v) is 4.16. The second-order valence-electron chi connectivity index (χ2n) is 6.27. The Hall–Kier alpha value is -2.68. The number of hydrogen-bond acceptors (Lipinski definition) is 6. The Bertz CT molecular complexity index is 878. The van der Waals surface area contributed by atoms with Gasteiger partial charge in [-0.2, -0.15) is 10.2 Å². The van der Waals surface area contributed by atoms with Crippen molar-refractivity contribution in [3.8, 4) is 0 Å². The molecule has 0 unspecified atom stereocenters. The van der Waals surface area contributed by atoms with Crippen molar-refractivity contribution in [1.82, 2.24) is 20.6 Å². The monoisotopic (exact) mass is 361 g/mol. The second-order valence-corrected chi connectivity index (χ2v) is 7.23. The van der Waals surface area contributed by atoms with Crippen molar-refractivity contribution in [2.24, 2.45) is 5.10 Å². The third-order valence-electron chi connectivity index (χ3n) is 3.20. The summed E-state index contributed by atoms with van der Waals surface area (Å²) >= 11 is 0.904. The van der Waals surface area contributed by atoms with E-state index in [4.69, 9.17) is 0 Å². The molecule has 0 spiro atoms. The maximum absolute atomic E-state index is 11.7. The highest BCUT2D eigenvalue weighted by atomic mass is 32.2. The maximum atomic E-state index is 11.7. The van der Waals surface area contributed by atoms with Gasteiger partial charge >= 0.3 is 5.69 Å². The van der Waals surface area contributed by atoms with Crippen molar-refractivity contribution < 1.29 is 4.79 Å². The fourth-order valence-electron chi connectivity index (χ4n) is 1.85. The summed E-state index contributed by atoms with van der Waals surface area (Å²) in [5.74, 6) is -0.442. The number of H-pyrrole nitrogens is 2. The molecule has 0 radical (unpaired) electrons. The molecule has 25 heavy (non-hydrogen) atoms. The molecule has 0 aliphatic carbocycles. The summed E-state index contributed by atoms with van der Waals surface area (Å²) in [7, 11) is 0. The van der Waals surface area contributed by atoms with Gasteiger partial charge in [0.05, 0.1) is 12.0 Å². The largest absolute Gasteiger partial charge is 0.342 e. The van der Waals surface area contributed by atoms with Crippen LogP contribution in [-0.2, 0) is 10.2 Å². The van der Waals surface area contributed by atoms with Gasteiger partial charge in [0, 0.05) is 0 Å². The van der Waals surface area contributed by atoms with Crippen LogP contribution in [0.1, 0.15) is 31.9 Å². The summed E-state index contributed by atoms with van der Waals surface area (Å²) < 4.78 is 0. The Kier molecular flexibility index (Phi) is 5.92. The molecule has 1 aromatic heterocycles. The minimum atomic E-state index is -0.694. The van der Waals surface area contributed by atoms with Crippen LogP contribution in [0.4, 0.5) is 0 Å². The van der Waals surface area contributed by atoms with Crippen LogP contribution in [0.2, 0.25) is 0 Å². The van der Waals surface area contributed by atoms with Gasteiger partial charge in [-0.1, -0.05) is 56.8 Å². The first-order valence-corrected chi connectivity index (χ1v) is 8.48. The van der Waals surface area contributed by atoms with Gasteiger partial charge in [-0.15, -0.1) is 0 Å². The number of rotatable bonds is 5. The quantitative estimate of drug-likeness (QED) is 0.417. The van der Waals surface area contributed by atoms with Crippen molar-refractivity contribution >= 4 is 23.9 Å². The number of aromatic amines is 2. The third kappa shape index (κ3) is 5.71. The molecule has 2 rings (SSSR count). The molecule has 1 heterocycles. The van der Waals surface area contributed by atoms with Crippen LogP contribution in [0.15, 0.2) is 44.0 Å². The van der Waals surface area contributed by atoms with Gasteiger partial charge < -0.3 is 0 Å². The molecular weight excluding hydrogens is 342 g/mol. The number of aromatic nitrogens is 3. The number of nitrogens with one attached hydrogen (secondary N) is 3. The molecule has 1 aromatic carbocycles. The Balaban J connectivity index is 1.86. The minimum Gasteiger partial charge on any atom is -0.272 e. The summed E-state index contributed by atoms with van der Waals surface area (Å²) in [5.41, 5.74) is 3.20. The van der Waals surface area contributed by atoms with E-state index >= 15 is 0 Å². The fraction of sp³-hybridized carbons (Fsp3) is 0.312. The first-order chi connectivity index (χ1) is 11.8. The summed E-state index contributed by atoms with van der Waals surface area (Å²) in [6.07, 6.45) is 1.54. The summed E-state index contributed by atoms with van der Waals surface area (Å²) in [5, 5.41) is 9.56. The van der Waals surface area contributed by atoms with E-state index in [-0.39, 0.29) is 22.1 Å². The number of nitrogens with zero attached hydrogens (tertiary/aromatic N) is 2. The van der Waals surface area contributed by atoms with Crippen molar-refractivity contribution in [2.45, 2.75) is 31.2 Å². The lowest BCUT2D eigenvalue weighted by Crippen LogP contribution is -2.26. The Morgan fingerprint density at radius 2 is 1.96 bits per heavy atom. The van der Waals surface area contributed by atoms with Gasteiger partial charge in [0.25, 0.3) is 5.56 Å². The minimum absolute atomic E-state index is 0.0106. The fourth-order valence-corrected chi connectivity index (χ4v) is 2.47. The molecule has 3 N–H and O–H groups in total. The highest BCUT2D eigenvalue weighted by molar-refractivity contribution is 7.99. The second kappa shape index (κ2) is 7.93. The maximum Gasteiger partial charge on any atom is 0.342 e. The summed E-state index contributed by atoms with van der Waals surface area (Å²) in [6, 6.07) is 7.89. The van der Waals surface area contributed by atoms with Crippen LogP contribution >= 0.6 is 11.8 Å². The van der Waals surface area contributed by atoms with Crippen LogP contribution in [-0.4, -0.2) is 33.1 Å². The Morgan fingerprint density at radius 3 is 2.56 bits per heavy atom. The van der Waals surface area contributed by atoms with E-state index in [2.05, 4.69) is 41.5 Å².